The lowest BCUT2D eigenvalue weighted by molar-refractivity contribution is 0.0599. The van der Waals surface area contributed by atoms with Crippen molar-refractivity contribution in [3.63, 3.8) is 0 Å². The van der Waals surface area contributed by atoms with Crippen LogP contribution in [0.25, 0.3) is 10.8 Å². The molecular weight excluding hydrogens is 244 g/mol. The second-order valence-corrected chi connectivity index (χ2v) is 4.49. The lowest BCUT2D eigenvalue weighted by Gasteiger charge is -1.91. The molecule has 0 radical (unpaired) electrons. The second kappa shape index (κ2) is 4.58. The maximum absolute atomic E-state index is 11.2. The zero-order valence-electron chi connectivity index (χ0n) is 9.50. The third kappa shape index (κ3) is 2.31. The molecule has 2 aromatic rings. The van der Waals surface area contributed by atoms with E-state index in [2.05, 4.69) is 25.1 Å². The first-order valence-electron chi connectivity index (χ1n) is 4.87. The predicted octanol–water partition coefficient (Wildman–Crippen LogP) is 1.50. The minimum atomic E-state index is -0.527. The third-order valence-corrected chi connectivity index (χ3v) is 2.81. The average Bonchev–Trinajstić information content (AvgIpc) is 2.95. The summed E-state index contributed by atoms with van der Waals surface area (Å²) in [6.07, 6.45) is 0. The fourth-order valence-corrected chi connectivity index (χ4v) is 1.73. The van der Waals surface area contributed by atoms with Crippen molar-refractivity contribution in [2.75, 3.05) is 7.11 Å². The van der Waals surface area contributed by atoms with Gasteiger partial charge in [-0.3, -0.25) is 0 Å². The predicted molar refractivity (Wildman–Crippen MR) is 58.6 cm³/mol. The van der Waals surface area contributed by atoms with Crippen LogP contribution in [-0.2, 0) is 4.74 Å². The molecule has 0 unspecified atom stereocenters. The van der Waals surface area contributed by atoms with Gasteiger partial charge in [0.05, 0.1) is 7.11 Å². The maximum Gasteiger partial charge on any atom is 0.369 e. The van der Waals surface area contributed by atoms with Crippen molar-refractivity contribution in [1.82, 2.24) is 20.3 Å². The van der Waals surface area contributed by atoms with Gasteiger partial charge < -0.3 is 9.26 Å². The van der Waals surface area contributed by atoms with E-state index in [0.717, 1.165) is 11.3 Å². The molecule has 2 aromatic heterocycles. The minimum absolute atomic E-state index is 0.143. The van der Waals surface area contributed by atoms with Crippen LogP contribution in [0.5, 0.6) is 0 Å². The molecule has 0 N–H and O–H groups in total. The Kier molecular flexibility index (Phi) is 3.14. The quantitative estimate of drug-likeness (QED) is 0.766. The Bertz CT molecular complexity index is 534. The Morgan fingerprint density at radius 2 is 2.18 bits per heavy atom. The van der Waals surface area contributed by atoms with Crippen LogP contribution in [-0.4, -0.2) is 33.4 Å². The summed E-state index contributed by atoms with van der Waals surface area (Å²) < 4.78 is 9.57. The summed E-state index contributed by atoms with van der Waals surface area (Å²) in [6, 6.07) is 0. The Labute approximate surface area is 101 Å². The van der Waals surface area contributed by atoms with Crippen molar-refractivity contribution < 1.29 is 14.1 Å². The monoisotopic (exact) mass is 254 g/mol. The van der Waals surface area contributed by atoms with Crippen LogP contribution in [0.4, 0.5) is 0 Å². The van der Waals surface area contributed by atoms with Gasteiger partial charge in [-0.25, -0.2) is 4.79 Å². The van der Waals surface area contributed by atoms with Crippen molar-refractivity contribution in [2.45, 2.75) is 19.8 Å². The highest BCUT2D eigenvalue weighted by Gasteiger charge is 2.18. The zero-order valence-corrected chi connectivity index (χ0v) is 10.3. The maximum atomic E-state index is 11.2. The van der Waals surface area contributed by atoms with Gasteiger partial charge in [-0.2, -0.15) is 4.98 Å². The molecule has 0 bridgehead atoms. The highest BCUT2D eigenvalue weighted by atomic mass is 32.1. The van der Waals surface area contributed by atoms with E-state index in [1.54, 1.807) is 0 Å². The Morgan fingerprint density at radius 3 is 2.76 bits per heavy atom. The number of carbonyl (C=O) groups excluding carboxylic acids is 1. The average molecular weight is 254 g/mol. The van der Waals surface area contributed by atoms with Crippen molar-refractivity contribution in [2.24, 2.45) is 0 Å². The number of ether oxygens (including phenoxy) is 1. The smallest absolute Gasteiger partial charge is 0.369 e. The Hall–Kier alpha value is -1.83. The summed E-state index contributed by atoms with van der Waals surface area (Å²) in [5.41, 5.74) is 0. The minimum Gasteiger partial charge on any atom is -0.464 e. The fraction of sp³-hybridized carbons (Fsp3) is 0.444. The summed E-state index contributed by atoms with van der Waals surface area (Å²) in [5, 5.41) is 11.9. The van der Waals surface area contributed by atoms with E-state index in [4.69, 9.17) is 4.52 Å². The van der Waals surface area contributed by atoms with Crippen LogP contribution >= 0.6 is 11.3 Å². The van der Waals surface area contributed by atoms with E-state index in [9.17, 15) is 4.79 Å². The standard InChI is InChI=1S/C9H10N4O3S/c1-4(2)6-10-5(13-16-6)7-11-12-8(17-7)9(14)15-3/h4H,1-3H3. The molecule has 2 heterocycles. The van der Waals surface area contributed by atoms with Crippen molar-refractivity contribution >= 4 is 17.3 Å². The first-order chi connectivity index (χ1) is 8.11. The van der Waals surface area contributed by atoms with Gasteiger partial charge in [-0.05, 0) is 0 Å². The van der Waals surface area contributed by atoms with E-state index in [-0.39, 0.29) is 10.9 Å². The Balaban J connectivity index is 2.27. The highest BCUT2D eigenvalue weighted by molar-refractivity contribution is 7.16. The number of rotatable bonds is 3. The van der Waals surface area contributed by atoms with Gasteiger partial charge >= 0.3 is 5.97 Å². The third-order valence-electron chi connectivity index (χ3n) is 1.91. The molecule has 0 spiro atoms. The molecule has 90 valence electrons. The lowest BCUT2D eigenvalue weighted by atomic mass is 10.2. The molecule has 0 fully saturated rings. The summed E-state index contributed by atoms with van der Waals surface area (Å²) in [4.78, 5) is 15.3. The van der Waals surface area contributed by atoms with E-state index in [0.29, 0.717) is 16.7 Å². The van der Waals surface area contributed by atoms with Gasteiger partial charge in [0.15, 0.2) is 5.01 Å². The molecule has 0 amide bonds. The number of carbonyl (C=O) groups is 1. The number of hydrogen-bond acceptors (Lipinski definition) is 8. The van der Waals surface area contributed by atoms with Crippen LogP contribution in [0.3, 0.4) is 0 Å². The van der Waals surface area contributed by atoms with E-state index < -0.39 is 5.97 Å². The van der Waals surface area contributed by atoms with Gasteiger partial charge in [0.25, 0.3) is 0 Å². The largest absolute Gasteiger partial charge is 0.464 e. The molecule has 0 atom stereocenters. The summed E-state index contributed by atoms with van der Waals surface area (Å²) in [6.45, 7) is 3.88. The van der Waals surface area contributed by atoms with Crippen LogP contribution in [0.2, 0.25) is 0 Å². The lowest BCUT2D eigenvalue weighted by Crippen LogP contribution is -1.99. The van der Waals surface area contributed by atoms with Crippen LogP contribution in [0.15, 0.2) is 4.52 Å². The molecule has 0 aliphatic carbocycles. The van der Waals surface area contributed by atoms with Gasteiger partial charge in [-0.15, -0.1) is 10.2 Å². The molecule has 7 nitrogen and oxygen atoms in total. The molecule has 0 aliphatic rings. The van der Waals surface area contributed by atoms with Crippen molar-refractivity contribution in [3.8, 4) is 10.8 Å². The topological polar surface area (TPSA) is 91.0 Å². The van der Waals surface area contributed by atoms with Gasteiger partial charge in [0, 0.05) is 5.92 Å². The Morgan fingerprint density at radius 1 is 1.41 bits per heavy atom. The van der Waals surface area contributed by atoms with E-state index >= 15 is 0 Å². The zero-order chi connectivity index (χ0) is 12.4. The summed E-state index contributed by atoms with van der Waals surface area (Å²) >= 11 is 1.06. The van der Waals surface area contributed by atoms with Crippen LogP contribution < -0.4 is 0 Å². The molecule has 0 saturated heterocycles. The van der Waals surface area contributed by atoms with Crippen molar-refractivity contribution in [3.05, 3.63) is 10.9 Å². The second-order valence-electron chi connectivity index (χ2n) is 3.51. The molecule has 17 heavy (non-hydrogen) atoms. The molecule has 2 rings (SSSR count). The number of aromatic nitrogens is 4. The summed E-state index contributed by atoms with van der Waals surface area (Å²) in [7, 11) is 1.29. The first-order valence-corrected chi connectivity index (χ1v) is 5.69. The number of esters is 1. The summed E-state index contributed by atoms with van der Waals surface area (Å²) in [5.74, 6) is 0.474. The number of methoxy groups -OCH3 is 1. The van der Waals surface area contributed by atoms with Gasteiger partial charge in [0.2, 0.25) is 16.7 Å². The van der Waals surface area contributed by atoms with E-state index in [1.165, 1.54) is 7.11 Å². The molecular formula is C9H10N4O3S. The molecule has 0 saturated carbocycles. The van der Waals surface area contributed by atoms with Gasteiger partial charge in [0.1, 0.15) is 0 Å². The number of hydrogen-bond donors (Lipinski definition) is 0. The van der Waals surface area contributed by atoms with Crippen molar-refractivity contribution in [1.29, 1.82) is 0 Å². The number of nitrogens with zero attached hydrogens (tertiary/aromatic N) is 4. The molecule has 0 aliphatic heterocycles. The molecule has 0 aromatic carbocycles. The SMILES string of the molecule is COC(=O)c1nnc(-c2noc(C(C)C)n2)s1. The molecule has 8 heteroatoms. The van der Waals surface area contributed by atoms with Crippen LogP contribution in [0.1, 0.15) is 35.5 Å². The normalized spacial score (nSPS) is 10.8. The highest BCUT2D eigenvalue weighted by Crippen LogP contribution is 2.22. The first kappa shape index (κ1) is 11.6. The van der Waals surface area contributed by atoms with Gasteiger partial charge in [-0.1, -0.05) is 30.3 Å². The van der Waals surface area contributed by atoms with Crippen LogP contribution in [0, 0.1) is 0 Å². The fourth-order valence-electron chi connectivity index (χ4n) is 1.04. The van der Waals surface area contributed by atoms with E-state index in [1.807, 2.05) is 13.8 Å².